The summed E-state index contributed by atoms with van der Waals surface area (Å²) in [6.45, 7) is 1.89. The summed E-state index contributed by atoms with van der Waals surface area (Å²) >= 11 is 0. The third kappa shape index (κ3) is 5.61. The number of aliphatic carboxylic acids is 2. The van der Waals surface area contributed by atoms with Gasteiger partial charge in [-0.1, -0.05) is 25.1 Å². The van der Waals surface area contributed by atoms with Crippen molar-refractivity contribution in [1.82, 2.24) is 10.3 Å². The first kappa shape index (κ1) is 19.5. The minimum atomic E-state index is -1.08. The van der Waals surface area contributed by atoms with E-state index in [4.69, 9.17) is 5.11 Å². The summed E-state index contributed by atoms with van der Waals surface area (Å²) in [6, 6.07) is 6.59. The van der Waals surface area contributed by atoms with Crippen LogP contribution in [0.3, 0.4) is 0 Å². The summed E-state index contributed by atoms with van der Waals surface area (Å²) in [5.41, 5.74) is 1.76. The Morgan fingerprint density at radius 1 is 1.12 bits per heavy atom. The second-order valence-electron chi connectivity index (χ2n) is 6.60. The fourth-order valence-corrected chi connectivity index (χ4v) is 2.88. The van der Waals surface area contributed by atoms with Crippen LogP contribution in [0.15, 0.2) is 30.5 Å². The number of aromatic nitrogens is 1. The SMILES string of the molecule is CC(CCC(=O)O)CCC(=O)N[C@@H](Cc1c[nH]c2ccccc12)C(=O)O. The van der Waals surface area contributed by atoms with Gasteiger partial charge in [-0.25, -0.2) is 4.79 Å². The summed E-state index contributed by atoms with van der Waals surface area (Å²) in [4.78, 5) is 37.3. The molecule has 0 bridgehead atoms. The van der Waals surface area contributed by atoms with E-state index in [1.807, 2.05) is 31.2 Å². The molecule has 0 spiro atoms. The maximum atomic E-state index is 12.1. The molecule has 2 rings (SSSR count). The average molecular weight is 360 g/mol. The van der Waals surface area contributed by atoms with E-state index in [1.54, 1.807) is 6.20 Å². The van der Waals surface area contributed by atoms with Crippen molar-refractivity contribution in [3.05, 3.63) is 36.0 Å². The summed E-state index contributed by atoms with van der Waals surface area (Å²) in [5, 5.41) is 21.6. The molecule has 1 aromatic heterocycles. The van der Waals surface area contributed by atoms with Gasteiger partial charge in [0.2, 0.25) is 5.91 Å². The van der Waals surface area contributed by atoms with Crippen LogP contribution >= 0.6 is 0 Å². The molecule has 0 saturated carbocycles. The highest BCUT2D eigenvalue weighted by Gasteiger charge is 2.22. The van der Waals surface area contributed by atoms with Gasteiger partial charge in [-0.3, -0.25) is 9.59 Å². The van der Waals surface area contributed by atoms with Gasteiger partial charge in [0.25, 0.3) is 0 Å². The number of amides is 1. The molecule has 0 aliphatic heterocycles. The zero-order valence-corrected chi connectivity index (χ0v) is 14.7. The lowest BCUT2D eigenvalue weighted by Crippen LogP contribution is -2.42. The minimum Gasteiger partial charge on any atom is -0.481 e. The van der Waals surface area contributed by atoms with Crippen molar-refractivity contribution in [3.63, 3.8) is 0 Å². The zero-order chi connectivity index (χ0) is 19.1. The van der Waals surface area contributed by atoms with Crippen LogP contribution in [0, 0.1) is 5.92 Å². The molecule has 0 fully saturated rings. The largest absolute Gasteiger partial charge is 0.481 e. The summed E-state index contributed by atoms with van der Waals surface area (Å²) in [7, 11) is 0. The molecule has 4 N–H and O–H groups in total. The van der Waals surface area contributed by atoms with Crippen molar-refractivity contribution in [2.45, 2.75) is 45.1 Å². The number of carboxylic acid groups (broad SMARTS) is 2. The number of fused-ring (bicyclic) bond motifs is 1. The topological polar surface area (TPSA) is 119 Å². The van der Waals surface area contributed by atoms with Crippen LogP contribution in [-0.2, 0) is 20.8 Å². The van der Waals surface area contributed by atoms with Crippen LogP contribution in [0.4, 0.5) is 0 Å². The predicted octanol–water partition coefficient (Wildman–Crippen LogP) is 2.56. The third-order valence-corrected chi connectivity index (χ3v) is 4.45. The lowest BCUT2D eigenvalue weighted by molar-refractivity contribution is -0.142. The van der Waals surface area contributed by atoms with Gasteiger partial charge in [-0.05, 0) is 30.4 Å². The predicted molar refractivity (Wildman–Crippen MR) is 96.8 cm³/mol. The molecule has 2 aromatic rings. The van der Waals surface area contributed by atoms with Gasteiger partial charge in [0, 0.05) is 36.4 Å². The van der Waals surface area contributed by atoms with Gasteiger partial charge in [-0.15, -0.1) is 0 Å². The van der Waals surface area contributed by atoms with E-state index >= 15 is 0 Å². The van der Waals surface area contributed by atoms with Crippen LogP contribution in [0.1, 0.15) is 38.2 Å². The number of nitrogens with one attached hydrogen (secondary N) is 2. The molecule has 0 aliphatic rings. The third-order valence-electron chi connectivity index (χ3n) is 4.45. The van der Waals surface area contributed by atoms with E-state index in [0.29, 0.717) is 12.8 Å². The van der Waals surface area contributed by atoms with Crippen LogP contribution in [0.5, 0.6) is 0 Å². The van der Waals surface area contributed by atoms with E-state index in [2.05, 4.69) is 10.3 Å². The van der Waals surface area contributed by atoms with Crippen molar-refractivity contribution in [1.29, 1.82) is 0 Å². The Kier molecular flexibility index (Phi) is 6.77. The van der Waals surface area contributed by atoms with Crippen LogP contribution < -0.4 is 5.32 Å². The van der Waals surface area contributed by atoms with Crippen molar-refractivity contribution < 1.29 is 24.6 Å². The van der Waals surface area contributed by atoms with Crippen LogP contribution in [0.2, 0.25) is 0 Å². The Morgan fingerprint density at radius 3 is 2.50 bits per heavy atom. The quantitative estimate of drug-likeness (QED) is 0.519. The lowest BCUT2D eigenvalue weighted by atomic mass is 9.99. The monoisotopic (exact) mass is 360 g/mol. The molecule has 1 amide bonds. The fraction of sp³-hybridized carbons (Fsp3) is 0.421. The molecular weight excluding hydrogens is 336 g/mol. The van der Waals surface area contributed by atoms with E-state index in [-0.39, 0.29) is 31.1 Å². The average Bonchev–Trinajstić information content (AvgIpc) is 3.00. The van der Waals surface area contributed by atoms with Crippen molar-refractivity contribution in [3.8, 4) is 0 Å². The minimum absolute atomic E-state index is 0.0705. The number of para-hydroxylation sites is 1. The number of rotatable bonds is 10. The molecule has 0 saturated heterocycles. The Labute approximate surface area is 151 Å². The Bertz CT molecular complexity index is 783. The Balaban J connectivity index is 1.90. The first-order valence-electron chi connectivity index (χ1n) is 8.65. The van der Waals surface area contributed by atoms with Crippen molar-refractivity contribution >= 4 is 28.7 Å². The number of H-pyrrole nitrogens is 1. The first-order chi connectivity index (χ1) is 12.4. The summed E-state index contributed by atoms with van der Waals surface area (Å²) in [6.07, 6.45) is 3.23. The van der Waals surface area contributed by atoms with Crippen molar-refractivity contribution in [2.24, 2.45) is 5.92 Å². The molecule has 1 unspecified atom stereocenters. The molecule has 26 heavy (non-hydrogen) atoms. The Hall–Kier alpha value is -2.83. The number of carbonyl (C=O) groups excluding carboxylic acids is 1. The van der Waals surface area contributed by atoms with Crippen LogP contribution in [0.25, 0.3) is 10.9 Å². The zero-order valence-electron chi connectivity index (χ0n) is 14.7. The first-order valence-corrected chi connectivity index (χ1v) is 8.65. The number of carbonyl (C=O) groups is 3. The number of benzene rings is 1. The van der Waals surface area contributed by atoms with E-state index < -0.39 is 18.0 Å². The maximum absolute atomic E-state index is 12.1. The van der Waals surface area contributed by atoms with Gasteiger partial charge in [0.1, 0.15) is 6.04 Å². The van der Waals surface area contributed by atoms with Gasteiger partial charge >= 0.3 is 11.9 Å². The second-order valence-corrected chi connectivity index (χ2v) is 6.60. The summed E-state index contributed by atoms with van der Waals surface area (Å²) < 4.78 is 0. The van der Waals surface area contributed by atoms with Gasteiger partial charge in [-0.2, -0.15) is 0 Å². The molecule has 1 aromatic carbocycles. The molecule has 2 atom stereocenters. The normalized spacial score (nSPS) is 13.3. The molecule has 140 valence electrons. The Morgan fingerprint density at radius 2 is 1.81 bits per heavy atom. The van der Waals surface area contributed by atoms with E-state index in [1.165, 1.54) is 0 Å². The molecule has 7 nitrogen and oxygen atoms in total. The molecule has 1 heterocycles. The lowest BCUT2D eigenvalue weighted by Gasteiger charge is -2.15. The van der Waals surface area contributed by atoms with Gasteiger partial charge in [0.15, 0.2) is 0 Å². The standard InChI is InChI=1S/C19H24N2O5/c1-12(7-9-18(23)24)6-8-17(22)21-16(19(25)26)10-13-11-20-15-5-3-2-4-14(13)15/h2-5,11-12,16,20H,6-10H2,1H3,(H,21,22)(H,23,24)(H,25,26)/t12?,16-/m0/s1. The summed E-state index contributed by atoms with van der Waals surface area (Å²) in [5.74, 6) is -2.18. The highest BCUT2D eigenvalue weighted by atomic mass is 16.4. The van der Waals surface area contributed by atoms with E-state index in [9.17, 15) is 19.5 Å². The molecule has 0 aliphatic carbocycles. The highest BCUT2D eigenvalue weighted by molar-refractivity contribution is 5.86. The van der Waals surface area contributed by atoms with E-state index in [0.717, 1.165) is 16.5 Å². The number of hydrogen-bond donors (Lipinski definition) is 4. The maximum Gasteiger partial charge on any atom is 0.326 e. The van der Waals surface area contributed by atoms with Crippen molar-refractivity contribution in [2.75, 3.05) is 0 Å². The van der Waals surface area contributed by atoms with Crippen LogP contribution in [-0.4, -0.2) is 39.1 Å². The number of aromatic amines is 1. The number of hydrogen-bond acceptors (Lipinski definition) is 3. The molecular formula is C19H24N2O5. The smallest absolute Gasteiger partial charge is 0.326 e. The van der Waals surface area contributed by atoms with Gasteiger partial charge in [0.05, 0.1) is 0 Å². The second kappa shape index (κ2) is 9.03. The fourth-order valence-electron chi connectivity index (χ4n) is 2.88. The number of carboxylic acids is 2. The molecule has 7 heteroatoms. The highest BCUT2D eigenvalue weighted by Crippen LogP contribution is 2.19. The van der Waals surface area contributed by atoms with Gasteiger partial charge < -0.3 is 20.5 Å². The molecule has 0 radical (unpaired) electrons.